The summed E-state index contributed by atoms with van der Waals surface area (Å²) in [7, 11) is 2.95. The number of anilines is 1. The molecule has 2 aromatic rings. The summed E-state index contributed by atoms with van der Waals surface area (Å²) in [5, 5.41) is 2.69. The summed E-state index contributed by atoms with van der Waals surface area (Å²) < 4.78 is 42.9. The Morgan fingerprint density at radius 3 is 2.50 bits per heavy atom. The molecule has 0 radical (unpaired) electrons. The van der Waals surface area contributed by atoms with Crippen molar-refractivity contribution < 1.29 is 17.9 Å². The van der Waals surface area contributed by atoms with E-state index in [1.165, 1.54) is 19.2 Å². The fourth-order valence-corrected chi connectivity index (χ4v) is 1.52. The van der Waals surface area contributed by atoms with Crippen LogP contribution in [0, 0.1) is 0 Å². The molecule has 0 atom stereocenters. The second-order valence-electron chi connectivity index (χ2n) is 3.80. The van der Waals surface area contributed by atoms with Gasteiger partial charge in [0.15, 0.2) is 5.82 Å². The Hall–Kier alpha value is -2.38. The summed E-state index contributed by atoms with van der Waals surface area (Å²) in [6, 6.07) is 4.78. The maximum absolute atomic E-state index is 12.7. The fourth-order valence-electron chi connectivity index (χ4n) is 1.52. The third kappa shape index (κ3) is 2.95. The molecule has 0 spiro atoms. The smallest absolute Gasteiger partial charge is 0.416 e. The number of methoxy groups -OCH3 is 1. The molecule has 0 aliphatic carbocycles. The van der Waals surface area contributed by atoms with Gasteiger partial charge < -0.3 is 10.1 Å². The molecule has 2 rings (SSSR count). The van der Waals surface area contributed by atoms with Crippen LogP contribution >= 0.6 is 0 Å². The molecule has 0 bridgehead atoms. The van der Waals surface area contributed by atoms with Gasteiger partial charge in [0.05, 0.1) is 12.7 Å². The number of nitrogens with zero attached hydrogens (tertiary/aromatic N) is 3. The maximum Gasteiger partial charge on any atom is 0.416 e. The first-order chi connectivity index (χ1) is 9.44. The fraction of sp³-hybridized carbons (Fsp3) is 0.250. The molecule has 5 nitrogen and oxygen atoms in total. The second-order valence-corrected chi connectivity index (χ2v) is 3.80. The van der Waals surface area contributed by atoms with E-state index in [9.17, 15) is 13.2 Å². The number of hydrogen-bond acceptors (Lipinski definition) is 5. The molecule has 20 heavy (non-hydrogen) atoms. The molecule has 0 saturated heterocycles. The van der Waals surface area contributed by atoms with Crippen molar-refractivity contribution in [3.05, 3.63) is 29.8 Å². The van der Waals surface area contributed by atoms with Crippen LogP contribution in [0.5, 0.6) is 6.01 Å². The summed E-state index contributed by atoms with van der Waals surface area (Å²) in [4.78, 5) is 11.8. The van der Waals surface area contributed by atoms with E-state index in [4.69, 9.17) is 4.74 Å². The number of benzene rings is 1. The van der Waals surface area contributed by atoms with E-state index in [0.29, 0.717) is 0 Å². The standard InChI is InChI=1S/C12H11F3N4O/c1-16-10-17-9(18-11(19-10)20-2)7-4-3-5-8(6-7)12(13,14)15/h3-6H,1-2H3,(H,16,17,18,19). The minimum Gasteiger partial charge on any atom is -0.467 e. The van der Waals surface area contributed by atoms with Gasteiger partial charge in [0.1, 0.15) is 0 Å². The molecule has 1 N–H and O–H groups in total. The molecule has 1 aromatic carbocycles. The summed E-state index contributed by atoms with van der Waals surface area (Å²) >= 11 is 0. The van der Waals surface area contributed by atoms with Gasteiger partial charge in [-0.15, -0.1) is 0 Å². The normalized spacial score (nSPS) is 11.2. The molecule has 0 amide bonds. The van der Waals surface area contributed by atoms with Gasteiger partial charge in [0, 0.05) is 12.6 Å². The van der Waals surface area contributed by atoms with Crippen LogP contribution in [0.1, 0.15) is 5.56 Å². The van der Waals surface area contributed by atoms with E-state index in [2.05, 4.69) is 20.3 Å². The highest BCUT2D eigenvalue weighted by Gasteiger charge is 2.30. The first kappa shape index (κ1) is 14.0. The Kier molecular flexibility index (Phi) is 3.73. The molecule has 1 aromatic heterocycles. The highest BCUT2D eigenvalue weighted by molar-refractivity contribution is 5.58. The van der Waals surface area contributed by atoms with Crippen LogP contribution in [0.3, 0.4) is 0 Å². The third-order valence-corrected chi connectivity index (χ3v) is 2.47. The van der Waals surface area contributed by atoms with Gasteiger partial charge in [0.2, 0.25) is 5.95 Å². The topological polar surface area (TPSA) is 59.9 Å². The Morgan fingerprint density at radius 1 is 1.15 bits per heavy atom. The lowest BCUT2D eigenvalue weighted by Gasteiger charge is -2.09. The maximum atomic E-state index is 12.7. The zero-order valence-corrected chi connectivity index (χ0v) is 10.7. The largest absolute Gasteiger partial charge is 0.467 e. The van der Waals surface area contributed by atoms with Gasteiger partial charge in [-0.1, -0.05) is 12.1 Å². The summed E-state index contributed by atoms with van der Waals surface area (Å²) in [6.07, 6.45) is -4.42. The first-order valence-corrected chi connectivity index (χ1v) is 5.59. The Balaban J connectivity index is 2.51. The Labute approximate surface area is 112 Å². The van der Waals surface area contributed by atoms with E-state index in [1.54, 1.807) is 7.05 Å². The predicted octanol–water partition coefficient (Wildman–Crippen LogP) is 2.61. The summed E-state index contributed by atoms with van der Waals surface area (Å²) in [5.41, 5.74) is -0.530. The minimum absolute atomic E-state index is 0.0248. The average Bonchev–Trinajstić information content (AvgIpc) is 2.46. The van der Waals surface area contributed by atoms with Gasteiger partial charge in [-0.05, 0) is 12.1 Å². The monoisotopic (exact) mass is 284 g/mol. The van der Waals surface area contributed by atoms with Gasteiger partial charge >= 0.3 is 12.2 Å². The molecule has 0 saturated carbocycles. The average molecular weight is 284 g/mol. The number of halogens is 3. The molecule has 0 aliphatic rings. The number of ether oxygens (including phenoxy) is 1. The molecular weight excluding hydrogens is 273 g/mol. The number of alkyl halides is 3. The van der Waals surface area contributed by atoms with Gasteiger partial charge in [-0.3, -0.25) is 0 Å². The predicted molar refractivity (Wildman–Crippen MR) is 66.4 cm³/mol. The lowest BCUT2D eigenvalue weighted by Crippen LogP contribution is -2.06. The molecule has 106 valence electrons. The molecule has 0 unspecified atom stereocenters. The van der Waals surface area contributed by atoms with Gasteiger partial charge in [0.25, 0.3) is 0 Å². The van der Waals surface area contributed by atoms with Crippen molar-refractivity contribution in [2.24, 2.45) is 0 Å². The van der Waals surface area contributed by atoms with Crippen LogP contribution in [0.4, 0.5) is 19.1 Å². The lowest BCUT2D eigenvalue weighted by molar-refractivity contribution is -0.137. The van der Waals surface area contributed by atoms with Crippen LogP contribution in [0.25, 0.3) is 11.4 Å². The molecule has 1 heterocycles. The molecular formula is C12H11F3N4O. The second kappa shape index (κ2) is 5.32. The van der Waals surface area contributed by atoms with Crippen molar-refractivity contribution in [2.45, 2.75) is 6.18 Å². The van der Waals surface area contributed by atoms with Crippen molar-refractivity contribution in [1.82, 2.24) is 15.0 Å². The highest BCUT2D eigenvalue weighted by Crippen LogP contribution is 2.31. The van der Waals surface area contributed by atoms with E-state index in [0.717, 1.165) is 12.1 Å². The molecule has 8 heteroatoms. The highest BCUT2D eigenvalue weighted by atomic mass is 19.4. The van der Waals surface area contributed by atoms with E-state index < -0.39 is 11.7 Å². The quantitative estimate of drug-likeness (QED) is 0.938. The lowest BCUT2D eigenvalue weighted by atomic mass is 10.1. The van der Waals surface area contributed by atoms with Crippen LogP contribution < -0.4 is 10.1 Å². The van der Waals surface area contributed by atoms with Gasteiger partial charge in [-0.25, -0.2) is 0 Å². The zero-order valence-electron chi connectivity index (χ0n) is 10.7. The number of rotatable bonds is 3. The summed E-state index contributed by atoms with van der Waals surface area (Å²) in [5.74, 6) is 0.316. The number of hydrogen-bond donors (Lipinski definition) is 1. The van der Waals surface area contributed by atoms with E-state index in [1.807, 2.05) is 0 Å². The number of nitrogens with one attached hydrogen (secondary N) is 1. The van der Waals surface area contributed by atoms with Crippen molar-refractivity contribution >= 4 is 5.95 Å². The number of aromatic nitrogens is 3. The Bertz CT molecular complexity index is 594. The van der Waals surface area contributed by atoms with Crippen LogP contribution in [0.2, 0.25) is 0 Å². The first-order valence-electron chi connectivity index (χ1n) is 5.59. The van der Waals surface area contributed by atoms with Crippen molar-refractivity contribution in [3.63, 3.8) is 0 Å². The third-order valence-electron chi connectivity index (χ3n) is 2.47. The SMILES string of the molecule is CNc1nc(OC)nc(-c2cccc(C(F)(F)F)c2)n1. The zero-order chi connectivity index (χ0) is 14.8. The van der Waals surface area contributed by atoms with Crippen molar-refractivity contribution in [2.75, 3.05) is 19.5 Å². The Morgan fingerprint density at radius 2 is 1.90 bits per heavy atom. The van der Waals surface area contributed by atoms with Crippen LogP contribution in [-0.2, 0) is 6.18 Å². The summed E-state index contributed by atoms with van der Waals surface area (Å²) in [6.45, 7) is 0. The van der Waals surface area contributed by atoms with Crippen molar-refractivity contribution in [3.8, 4) is 17.4 Å². The molecule has 0 fully saturated rings. The van der Waals surface area contributed by atoms with Crippen molar-refractivity contribution in [1.29, 1.82) is 0 Å². The van der Waals surface area contributed by atoms with Gasteiger partial charge in [-0.2, -0.15) is 28.1 Å². The van der Waals surface area contributed by atoms with Crippen LogP contribution in [0.15, 0.2) is 24.3 Å². The van der Waals surface area contributed by atoms with E-state index in [-0.39, 0.29) is 23.3 Å². The van der Waals surface area contributed by atoms with Crippen LogP contribution in [-0.4, -0.2) is 29.1 Å². The minimum atomic E-state index is -4.42. The molecule has 0 aliphatic heterocycles. The van der Waals surface area contributed by atoms with E-state index >= 15 is 0 Å².